The Hall–Kier alpha value is -3.44. The van der Waals surface area contributed by atoms with Gasteiger partial charge >= 0.3 is 0 Å². The highest BCUT2D eigenvalue weighted by atomic mass is 16.5. The second-order valence-corrected chi connectivity index (χ2v) is 11.4. The molecule has 2 aromatic rings. The molecule has 2 heterocycles. The normalized spacial score (nSPS) is 21.0. The summed E-state index contributed by atoms with van der Waals surface area (Å²) in [7, 11) is 1.59. The maximum Gasteiger partial charge on any atom is 0.251 e. The lowest BCUT2D eigenvalue weighted by atomic mass is 9.87. The minimum absolute atomic E-state index is 0.0662. The highest BCUT2D eigenvalue weighted by Gasteiger charge is 2.43. The van der Waals surface area contributed by atoms with Crippen LogP contribution in [0.5, 0.6) is 0 Å². The average Bonchev–Trinajstić information content (AvgIpc) is 3.36. The molecule has 0 bridgehead atoms. The molecular weight excluding hydrogens is 478 g/mol. The van der Waals surface area contributed by atoms with Gasteiger partial charge in [-0.15, -0.1) is 0 Å². The van der Waals surface area contributed by atoms with Crippen LogP contribution in [-0.4, -0.2) is 53.5 Å². The molecule has 1 aromatic carbocycles. The summed E-state index contributed by atoms with van der Waals surface area (Å²) in [4.78, 5) is 35.7. The van der Waals surface area contributed by atoms with Gasteiger partial charge in [-0.2, -0.15) is 5.26 Å². The highest BCUT2D eigenvalue weighted by Crippen LogP contribution is 2.34. The Morgan fingerprint density at radius 3 is 2.45 bits per heavy atom. The number of hydrogen-bond acceptors (Lipinski definition) is 6. The molecule has 1 aromatic heterocycles. The van der Waals surface area contributed by atoms with Crippen molar-refractivity contribution in [2.45, 2.75) is 88.9 Å². The molecule has 1 aliphatic heterocycles. The van der Waals surface area contributed by atoms with Gasteiger partial charge in [-0.05, 0) is 42.0 Å². The van der Waals surface area contributed by atoms with Crippen molar-refractivity contribution in [2.75, 3.05) is 18.6 Å². The van der Waals surface area contributed by atoms with Crippen molar-refractivity contribution in [1.82, 2.24) is 15.2 Å². The first-order valence-electron chi connectivity index (χ1n) is 13.6. The lowest BCUT2D eigenvalue weighted by Crippen LogP contribution is -2.51. The third-order valence-electron chi connectivity index (χ3n) is 7.72. The van der Waals surface area contributed by atoms with Crippen LogP contribution in [0.15, 0.2) is 48.8 Å². The number of benzene rings is 1. The summed E-state index contributed by atoms with van der Waals surface area (Å²) in [5.41, 5.74) is 2.29. The van der Waals surface area contributed by atoms with Crippen molar-refractivity contribution in [3.8, 4) is 6.19 Å². The van der Waals surface area contributed by atoms with Crippen molar-refractivity contribution in [2.24, 2.45) is 0 Å². The number of rotatable bonds is 7. The van der Waals surface area contributed by atoms with Crippen molar-refractivity contribution < 1.29 is 14.3 Å². The SMILES string of the molecule is COC1CC(C(=O)N(c2ccc(C(C)(C)C)cc2)C(C(=O)NC2CCCCC2)c2cccnc2)N(C#N)C1. The largest absolute Gasteiger partial charge is 0.379 e. The third-order valence-corrected chi connectivity index (χ3v) is 7.72. The van der Waals surface area contributed by atoms with E-state index in [1.54, 1.807) is 30.5 Å². The number of nitrogens with zero attached hydrogens (tertiary/aromatic N) is 4. The predicted octanol–water partition coefficient (Wildman–Crippen LogP) is 4.47. The number of aromatic nitrogens is 1. The Bertz CT molecular complexity index is 1130. The maximum atomic E-state index is 14.3. The Labute approximate surface area is 226 Å². The first kappa shape index (κ1) is 27.6. The van der Waals surface area contributed by atoms with Gasteiger partial charge in [-0.25, -0.2) is 0 Å². The summed E-state index contributed by atoms with van der Waals surface area (Å²) in [6.07, 6.45) is 10.8. The number of likely N-dealkylation sites (tertiary alicyclic amines) is 1. The van der Waals surface area contributed by atoms with E-state index in [2.05, 4.69) is 37.3 Å². The summed E-state index contributed by atoms with van der Waals surface area (Å²) in [5.74, 6) is -0.537. The van der Waals surface area contributed by atoms with E-state index in [0.717, 1.165) is 31.2 Å². The quantitative estimate of drug-likeness (QED) is 0.544. The minimum atomic E-state index is -0.930. The zero-order valence-electron chi connectivity index (χ0n) is 22.9. The fourth-order valence-electron chi connectivity index (χ4n) is 5.48. The zero-order valence-corrected chi connectivity index (χ0v) is 22.9. The van der Waals surface area contributed by atoms with Crippen LogP contribution in [-0.2, 0) is 19.7 Å². The van der Waals surface area contributed by atoms with E-state index >= 15 is 0 Å². The van der Waals surface area contributed by atoms with Gasteiger partial charge in [0.25, 0.3) is 5.91 Å². The van der Waals surface area contributed by atoms with Crippen molar-refractivity contribution in [3.63, 3.8) is 0 Å². The molecular formula is C30H39N5O3. The lowest BCUT2D eigenvalue weighted by Gasteiger charge is -2.35. The summed E-state index contributed by atoms with van der Waals surface area (Å²) in [5, 5.41) is 13.0. The highest BCUT2D eigenvalue weighted by molar-refractivity contribution is 6.04. The van der Waals surface area contributed by atoms with E-state index in [9.17, 15) is 14.9 Å². The molecule has 0 spiro atoms. The number of methoxy groups -OCH3 is 1. The number of nitriles is 1. The van der Waals surface area contributed by atoms with E-state index in [4.69, 9.17) is 4.74 Å². The van der Waals surface area contributed by atoms with Gasteiger partial charge in [0.05, 0.1) is 12.6 Å². The monoisotopic (exact) mass is 517 g/mol. The Morgan fingerprint density at radius 2 is 1.87 bits per heavy atom. The predicted molar refractivity (Wildman–Crippen MR) is 146 cm³/mol. The molecule has 1 saturated carbocycles. The topological polar surface area (TPSA) is 98.6 Å². The molecule has 8 heteroatoms. The molecule has 1 saturated heterocycles. The molecule has 3 unspecified atom stereocenters. The van der Waals surface area contributed by atoms with Crippen LogP contribution in [0.2, 0.25) is 0 Å². The van der Waals surface area contributed by atoms with Gasteiger partial charge in [0.15, 0.2) is 6.19 Å². The molecule has 3 atom stereocenters. The van der Waals surface area contributed by atoms with E-state index in [1.165, 1.54) is 11.3 Å². The Kier molecular flexibility index (Phi) is 8.68. The van der Waals surface area contributed by atoms with Crippen LogP contribution >= 0.6 is 0 Å². The van der Waals surface area contributed by atoms with E-state index in [-0.39, 0.29) is 29.4 Å². The van der Waals surface area contributed by atoms with Crippen LogP contribution in [0.3, 0.4) is 0 Å². The molecule has 2 fully saturated rings. The van der Waals surface area contributed by atoms with E-state index < -0.39 is 12.1 Å². The Balaban J connectivity index is 1.78. The van der Waals surface area contributed by atoms with Gasteiger partial charge in [-0.1, -0.05) is 58.2 Å². The smallest absolute Gasteiger partial charge is 0.251 e. The number of amides is 2. The summed E-state index contributed by atoms with van der Waals surface area (Å²) >= 11 is 0. The number of anilines is 1. The van der Waals surface area contributed by atoms with Crippen molar-refractivity contribution in [3.05, 3.63) is 59.9 Å². The number of ether oxygens (including phenoxy) is 1. The Morgan fingerprint density at radius 1 is 1.16 bits per heavy atom. The summed E-state index contributed by atoms with van der Waals surface area (Å²) in [6.45, 7) is 6.74. The maximum absolute atomic E-state index is 14.3. The van der Waals surface area contributed by atoms with Crippen LogP contribution in [0.4, 0.5) is 5.69 Å². The molecule has 8 nitrogen and oxygen atoms in total. The van der Waals surface area contributed by atoms with E-state index in [1.807, 2.05) is 30.3 Å². The van der Waals surface area contributed by atoms with Gasteiger partial charge in [0, 0.05) is 43.2 Å². The molecule has 0 radical (unpaired) electrons. The second kappa shape index (κ2) is 12.0. The summed E-state index contributed by atoms with van der Waals surface area (Å²) in [6, 6.07) is 9.83. The molecule has 4 rings (SSSR count). The zero-order chi connectivity index (χ0) is 27.3. The van der Waals surface area contributed by atoms with Gasteiger partial charge in [-0.3, -0.25) is 24.4 Å². The van der Waals surface area contributed by atoms with Crippen molar-refractivity contribution in [1.29, 1.82) is 5.26 Å². The molecule has 1 N–H and O–H groups in total. The van der Waals surface area contributed by atoms with Gasteiger partial charge in [0.2, 0.25) is 5.91 Å². The third kappa shape index (κ3) is 6.16. The summed E-state index contributed by atoms with van der Waals surface area (Å²) < 4.78 is 5.50. The van der Waals surface area contributed by atoms with Gasteiger partial charge < -0.3 is 10.1 Å². The molecule has 1 aliphatic carbocycles. The van der Waals surface area contributed by atoms with Crippen LogP contribution in [0.1, 0.15) is 76.5 Å². The average molecular weight is 518 g/mol. The first-order valence-corrected chi connectivity index (χ1v) is 13.6. The van der Waals surface area contributed by atoms with Crippen molar-refractivity contribution >= 4 is 17.5 Å². The number of hydrogen-bond donors (Lipinski definition) is 1. The van der Waals surface area contributed by atoms with Crippen LogP contribution in [0, 0.1) is 11.5 Å². The molecule has 38 heavy (non-hydrogen) atoms. The lowest BCUT2D eigenvalue weighted by molar-refractivity contribution is -0.128. The molecule has 2 aliphatic rings. The number of nitrogens with one attached hydrogen (secondary N) is 1. The minimum Gasteiger partial charge on any atom is -0.379 e. The standard InChI is InChI=1S/C30H39N5O3/c1-30(2,3)22-12-14-24(15-13-22)35(29(37)26-17-25(38-4)19-34(26)20-31)27(21-9-8-16-32-18-21)28(36)33-23-10-6-5-7-11-23/h8-9,12-16,18,23,25-27H,5-7,10-11,17,19H2,1-4H3,(H,33,36). The molecule has 2 amide bonds. The van der Waals surface area contributed by atoms with Crippen LogP contribution in [0.25, 0.3) is 0 Å². The number of carbonyl (C=O) groups is 2. The number of pyridine rings is 1. The number of carbonyl (C=O) groups excluding carboxylic acids is 2. The molecule has 202 valence electrons. The first-order chi connectivity index (χ1) is 18.2. The second-order valence-electron chi connectivity index (χ2n) is 11.4. The van der Waals surface area contributed by atoms with Gasteiger partial charge in [0.1, 0.15) is 12.1 Å². The fraction of sp³-hybridized carbons (Fsp3) is 0.533. The van der Waals surface area contributed by atoms with E-state index in [0.29, 0.717) is 24.2 Å². The van der Waals surface area contributed by atoms with Crippen LogP contribution < -0.4 is 10.2 Å². The fourth-order valence-corrected chi connectivity index (χ4v) is 5.48.